The zero-order chi connectivity index (χ0) is 18.7. The average Bonchev–Trinajstić information content (AvgIpc) is 2.54. The lowest BCUT2D eigenvalue weighted by Gasteiger charge is -2.10. The monoisotopic (exact) mass is 418 g/mol. The summed E-state index contributed by atoms with van der Waals surface area (Å²) in [7, 11) is 0. The van der Waals surface area contributed by atoms with E-state index in [1.165, 1.54) is 36.4 Å². The van der Waals surface area contributed by atoms with Crippen LogP contribution in [0.25, 0.3) is 0 Å². The second kappa shape index (κ2) is 7.97. The van der Waals surface area contributed by atoms with Crippen molar-refractivity contribution in [1.82, 2.24) is 0 Å². The minimum absolute atomic E-state index is 0.0753. The van der Waals surface area contributed by atoms with E-state index in [1.54, 1.807) is 0 Å². The first-order valence-corrected chi connectivity index (χ1v) is 7.97. The number of hydrogen-bond acceptors (Lipinski definition) is 5. The van der Waals surface area contributed by atoms with Crippen molar-refractivity contribution in [3.63, 3.8) is 0 Å². The maximum Gasteiger partial charge on any atom is 0.253 e. The van der Waals surface area contributed by atoms with Gasteiger partial charge in [-0.25, -0.2) is 0 Å². The van der Waals surface area contributed by atoms with Gasteiger partial charge in [0.1, 0.15) is 11.5 Å². The third kappa shape index (κ3) is 4.58. The van der Waals surface area contributed by atoms with Crippen molar-refractivity contribution in [3.05, 3.63) is 58.7 Å². The predicted molar refractivity (Wildman–Crippen MR) is 93.7 cm³/mol. The highest BCUT2D eigenvalue weighted by Gasteiger charge is 2.18. The molecule has 0 N–H and O–H groups in total. The molecular weight excluding hydrogens is 414 g/mol. The molecule has 0 spiro atoms. The molecular formula is C16H6Cl4O5. The quantitative estimate of drug-likeness (QED) is 0.616. The van der Waals surface area contributed by atoms with Crippen LogP contribution in [0.2, 0.25) is 0 Å². The van der Waals surface area contributed by atoms with Crippen LogP contribution in [0.1, 0.15) is 41.4 Å². The molecule has 0 bridgehead atoms. The van der Waals surface area contributed by atoms with Gasteiger partial charge in [-0.2, -0.15) is 0 Å². The van der Waals surface area contributed by atoms with Crippen LogP contribution < -0.4 is 4.74 Å². The number of benzene rings is 2. The molecule has 0 saturated heterocycles. The van der Waals surface area contributed by atoms with Crippen LogP contribution in [-0.4, -0.2) is 21.0 Å². The van der Waals surface area contributed by atoms with Crippen molar-refractivity contribution in [2.45, 2.75) is 0 Å². The van der Waals surface area contributed by atoms with E-state index in [-0.39, 0.29) is 33.8 Å². The fourth-order valence-electron chi connectivity index (χ4n) is 1.98. The molecule has 2 aromatic rings. The molecule has 25 heavy (non-hydrogen) atoms. The first-order valence-electron chi connectivity index (χ1n) is 6.46. The molecule has 0 aromatic heterocycles. The molecule has 128 valence electrons. The van der Waals surface area contributed by atoms with Crippen LogP contribution in [0, 0.1) is 0 Å². The molecule has 0 aliphatic rings. The van der Waals surface area contributed by atoms with Crippen LogP contribution >= 0.6 is 46.4 Å². The van der Waals surface area contributed by atoms with Gasteiger partial charge in [0.05, 0.1) is 0 Å². The fraction of sp³-hybridized carbons (Fsp3) is 0. The van der Waals surface area contributed by atoms with Gasteiger partial charge in [0.2, 0.25) is 0 Å². The van der Waals surface area contributed by atoms with Gasteiger partial charge in [0.15, 0.2) is 0 Å². The lowest BCUT2D eigenvalue weighted by atomic mass is 10.1. The molecule has 0 aliphatic carbocycles. The summed E-state index contributed by atoms with van der Waals surface area (Å²) in [6.07, 6.45) is 0. The predicted octanol–water partition coefficient (Wildman–Crippen LogP) is 4.99. The van der Waals surface area contributed by atoms with Gasteiger partial charge < -0.3 is 4.74 Å². The zero-order valence-electron chi connectivity index (χ0n) is 12.0. The Balaban J connectivity index is 2.43. The highest BCUT2D eigenvalue weighted by atomic mass is 35.5. The van der Waals surface area contributed by atoms with Gasteiger partial charge in [0.25, 0.3) is 21.0 Å². The van der Waals surface area contributed by atoms with Gasteiger partial charge >= 0.3 is 0 Å². The van der Waals surface area contributed by atoms with E-state index in [1.807, 2.05) is 0 Å². The fourth-order valence-corrected chi connectivity index (χ4v) is 2.62. The van der Waals surface area contributed by atoms with Crippen molar-refractivity contribution in [3.8, 4) is 11.5 Å². The van der Waals surface area contributed by atoms with Crippen LogP contribution in [0.4, 0.5) is 0 Å². The topological polar surface area (TPSA) is 77.5 Å². The Labute approximate surface area is 161 Å². The molecule has 0 saturated carbocycles. The Morgan fingerprint density at radius 1 is 0.560 bits per heavy atom. The average molecular weight is 420 g/mol. The van der Waals surface area contributed by atoms with Crippen molar-refractivity contribution in [2.75, 3.05) is 0 Å². The minimum Gasteiger partial charge on any atom is -0.457 e. The Kier molecular flexibility index (Phi) is 6.19. The lowest BCUT2D eigenvalue weighted by Crippen LogP contribution is -2.03. The normalized spacial score (nSPS) is 10.2. The SMILES string of the molecule is O=C(Cl)c1ccc(Oc2ccc(C(=O)Cl)c(C(=O)Cl)c2)cc1C(=O)Cl. The number of rotatable bonds is 6. The third-order valence-electron chi connectivity index (χ3n) is 3.06. The van der Waals surface area contributed by atoms with E-state index in [0.29, 0.717) is 0 Å². The van der Waals surface area contributed by atoms with Crippen LogP contribution in [0.3, 0.4) is 0 Å². The maximum absolute atomic E-state index is 11.4. The second-order valence-corrected chi connectivity index (χ2v) is 5.98. The summed E-state index contributed by atoms with van der Waals surface area (Å²) in [6.45, 7) is 0. The van der Waals surface area contributed by atoms with Gasteiger partial charge in [-0.1, -0.05) is 0 Å². The molecule has 0 radical (unpaired) electrons. The Morgan fingerprint density at radius 3 is 1.16 bits per heavy atom. The van der Waals surface area contributed by atoms with Gasteiger partial charge in [-0.3, -0.25) is 19.2 Å². The molecule has 0 fully saturated rings. The molecule has 2 aromatic carbocycles. The Hall–Kier alpha value is -1.92. The number of carbonyl (C=O) groups is 4. The summed E-state index contributed by atoms with van der Waals surface area (Å²) in [5.41, 5.74) is -0.428. The Morgan fingerprint density at radius 2 is 0.880 bits per heavy atom. The Bertz CT molecular complexity index is 834. The largest absolute Gasteiger partial charge is 0.457 e. The first kappa shape index (κ1) is 19.4. The zero-order valence-corrected chi connectivity index (χ0v) is 15.0. The minimum atomic E-state index is -0.894. The van der Waals surface area contributed by atoms with Crippen molar-refractivity contribution in [2.24, 2.45) is 0 Å². The third-order valence-corrected chi connectivity index (χ3v) is 3.88. The summed E-state index contributed by atoms with van der Waals surface area (Å²) in [5, 5.41) is -3.49. The van der Waals surface area contributed by atoms with Crippen molar-refractivity contribution in [1.29, 1.82) is 0 Å². The van der Waals surface area contributed by atoms with Crippen LogP contribution in [0.5, 0.6) is 11.5 Å². The number of hydrogen-bond donors (Lipinski definition) is 0. The molecule has 0 atom stereocenters. The van der Waals surface area contributed by atoms with E-state index in [2.05, 4.69) is 0 Å². The van der Waals surface area contributed by atoms with E-state index in [9.17, 15) is 19.2 Å². The highest BCUT2D eigenvalue weighted by molar-refractivity contribution is 6.72. The van der Waals surface area contributed by atoms with Gasteiger partial charge in [-0.05, 0) is 82.8 Å². The summed E-state index contributed by atoms with van der Waals surface area (Å²) < 4.78 is 5.50. The molecule has 0 amide bonds. The molecule has 9 heteroatoms. The van der Waals surface area contributed by atoms with Gasteiger partial charge in [0, 0.05) is 22.3 Å². The van der Waals surface area contributed by atoms with Crippen molar-refractivity contribution >= 4 is 67.4 Å². The number of halogens is 4. The lowest BCUT2D eigenvalue weighted by molar-refractivity contribution is 0.105. The first-order chi connectivity index (χ1) is 11.7. The summed E-state index contributed by atoms with van der Waals surface area (Å²) in [6, 6.07) is 7.72. The number of ether oxygens (including phenoxy) is 1. The smallest absolute Gasteiger partial charge is 0.253 e. The molecule has 0 unspecified atom stereocenters. The molecule has 0 aliphatic heterocycles. The summed E-state index contributed by atoms with van der Waals surface area (Å²) in [5.74, 6) is 0.284. The van der Waals surface area contributed by atoms with E-state index < -0.39 is 21.0 Å². The van der Waals surface area contributed by atoms with E-state index in [0.717, 1.165) is 0 Å². The highest BCUT2D eigenvalue weighted by Crippen LogP contribution is 2.28. The number of carbonyl (C=O) groups excluding carboxylic acids is 4. The maximum atomic E-state index is 11.4. The van der Waals surface area contributed by atoms with E-state index in [4.69, 9.17) is 51.1 Å². The van der Waals surface area contributed by atoms with E-state index >= 15 is 0 Å². The summed E-state index contributed by atoms with van der Waals surface area (Å²) in [4.78, 5) is 45.4. The molecule has 5 nitrogen and oxygen atoms in total. The van der Waals surface area contributed by atoms with Crippen molar-refractivity contribution < 1.29 is 23.9 Å². The van der Waals surface area contributed by atoms with Crippen LogP contribution in [-0.2, 0) is 0 Å². The molecule has 0 heterocycles. The summed E-state index contributed by atoms with van der Waals surface area (Å²) >= 11 is 21.6. The standard InChI is InChI=1S/C16H6Cl4O5/c17-13(21)9-3-1-7(5-11(9)15(19)23)25-8-2-4-10(14(18)22)12(6-8)16(20)24/h1-6H. The van der Waals surface area contributed by atoms with Gasteiger partial charge in [-0.15, -0.1) is 0 Å². The molecule has 2 rings (SSSR count). The van der Waals surface area contributed by atoms with Crippen LogP contribution in [0.15, 0.2) is 36.4 Å². The second-order valence-electron chi connectivity index (χ2n) is 4.61.